The third-order valence-electron chi connectivity index (χ3n) is 3.56. The number of hydrogen-bond acceptors (Lipinski definition) is 3. The molecule has 2 aromatic rings. The van der Waals surface area contributed by atoms with Gasteiger partial charge in [0.15, 0.2) is 6.04 Å². The molecule has 5 heteroatoms. The summed E-state index contributed by atoms with van der Waals surface area (Å²) in [5, 5.41) is 11.9. The molecule has 0 spiro atoms. The van der Waals surface area contributed by atoms with Crippen LogP contribution in [0.15, 0.2) is 54.6 Å². The monoisotopic (exact) mass is 341 g/mol. The number of ether oxygens (including phenoxy) is 1. The molecule has 0 unspecified atom stereocenters. The van der Waals surface area contributed by atoms with Gasteiger partial charge in [-0.2, -0.15) is 0 Å². The van der Waals surface area contributed by atoms with E-state index in [2.05, 4.69) is 19.2 Å². The van der Waals surface area contributed by atoms with Gasteiger partial charge in [-0.25, -0.2) is 4.79 Å². The number of amides is 1. The second-order valence-electron chi connectivity index (χ2n) is 6.28. The Kier molecular flexibility index (Phi) is 6.57. The Balaban J connectivity index is 1.95. The third kappa shape index (κ3) is 5.95. The zero-order valence-electron chi connectivity index (χ0n) is 14.4. The van der Waals surface area contributed by atoms with Crippen LogP contribution in [0.1, 0.15) is 31.0 Å². The molecular weight excluding hydrogens is 318 g/mol. The Bertz CT molecular complexity index is 695. The van der Waals surface area contributed by atoms with Crippen molar-refractivity contribution in [3.05, 3.63) is 65.7 Å². The number of hydrogen-bond donors (Lipinski definition) is 2. The van der Waals surface area contributed by atoms with E-state index < -0.39 is 12.0 Å². The molecule has 0 bridgehead atoms. The summed E-state index contributed by atoms with van der Waals surface area (Å²) in [5.41, 5.74) is 1.34. The first-order valence-corrected chi connectivity index (χ1v) is 8.24. The minimum atomic E-state index is -1.09. The maximum atomic E-state index is 12.2. The number of nitrogens with one attached hydrogen (secondary N) is 1. The summed E-state index contributed by atoms with van der Waals surface area (Å²) in [5.74, 6) is -0.231. The van der Waals surface area contributed by atoms with Crippen LogP contribution in [-0.2, 0) is 16.0 Å². The van der Waals surface area contributed by atoms with Gasteiger partial charge in [0.25, 0.3) is 0 Å². The quantitative estimate of drug-likeness (QED) is 0.773. The molecule has 2 rings (SSSR count). The fourth-order valence-electron chi connectivity index (χ4n) is 2.30. The average Bonchev–Trinajstić information content (AvgIpc) is 2.59. The number of aliphatic carboxylic acids is 1. The number of benzene rings is 2. The minimum Gasteiger partial charge on any atom is -0.493 e. The van der Waals surface area contributed by atoms with Crippen molar-refractivity contribution in [1.29, 1.82) is 0 Å². The summed E-state index contributed by atoms with van der Waals surface area (Å²) in [6, 6.07) is 14.9. The van der Waals surface area contributed by atoms with Gasteiger partial charge in [0.1, 0.15) is 5.75 Å². The molecule has 0 heterocycles. The van der Waals surface area contributed by atoms with Crippen LogP contribution in [0.4, 0.5) is 0 Å². The molecular formula is C20H23NO4. The van der Waals surface area contributed by atoms with E-state index in [4.69, 9.17) is 4.74 Å². The summed E-state index contributed by atoms with van der Waals surface area (Å²) in [7, 11) is 0. The van der Waals surface area contributed by atoms with Crippen LogP contribution in [-0.4, -0.2) is 23.6 Å². The van der Waals surface area contributed by atoms with Crippen molar-refractivity contribution >= 4 is 11.9 Å². The fraction of sp³-hybridized carbons (Fsp3) is 0.300. The van der Waals surface area contributed by atoms with Gasteiger partial charge in [0.05, 0.1) is 13.0 Å². The first-order valence-electron chi connectivity index (χ1n) is 8.24. The molecule has 0 aliphatic rings. The van der Waals surface area contributed by atoms with Gasteiger partial charge >= 0.3 is 5.97 Å². The molecule has 0 fully saturated rings. The van der Waals surface area contributed by atoms with Gasteiger partial charge in [-0.05, 0) is 29.2 Å². The Labute approximate surface area is 147 Å². The summed E-state index contributed by atoms with van der Waals surface area (Å²) in [6.07, 6.45) is 0.112. The van der Waals surface area contributed by atoms with Gasteiger partial charge in [-0.15, -0.1) is 0 Å². The molecule has 2 aromatic carbocycles. The van der Waals surface area contributed by atoms with Crippen molar-refractivity contribution in [2.75, 3.05) is 6.61 Å². The first kappa shape index (κ1) is 18.5. The normalized spacial score (nSPS) is 11.8. The van der Waals surface area contributed by atoms with Crippen molar-refractivity contribution in [3.63, 3.8) is 0 Å². The second-order valence-corrected chi connectivity index (χ2v) is 6.28. The molecule has 0 saturated carbocycles. The lowest BCUT2D eigenvalue weighted by atomic mass is 10.1. The molecule has 1 atom stereocenters. The molecule has 5 nitrogen and oxygen atoms in total. The summed E-state index contributed by atoms with van der Waals surface area (Å²) in [4.78, 5) is 23.6. The molecule has 0 saturated heterocycles. The standard InChI is InChI=1S/C20H23NO4/c1-14(2)13-25-17-10-8-15(9-11-17)12-18(22)21-19(20(23)24)16-6-4-3-5-7-16/h3-11,14,19H,12-13H2,1-2H3,(H,21,22)(H,23,24)/t19-/m1/s1. The highest BCUT2D eigenvalue weighted by molar-refractivity contribution is 5.85. The van der Waals surface area contributed by atoms with Gasteiger partial charge < -0.3 is 15.2 Å². The second kappa shape index (κ2) is 8.87. The van der Waals surface area contributed by atoms with E-state index in [9.17, 15) is 14.7 Å². The molecule has 0 radical (unpaired) electrons. The van der Waals surface area contributed by atoms with Gasteiger partial charge in [-0.1, -0.05) is 56.3 Å². The third-order valence-corrected chi connectivity index (χ3v) is 3.56. The Hall–Kier alpha value is -2.82. The number of carbonyl (C=O) groups excluding carboxylic acids is 1. The van der Waals surface area contributed by atoms with Crippen molar-refractivity contribution in [2.45, 2.75) is 26.3 Å². The first-order chi connectivity index (χ1) is 12.0. The molecule has 132 valence electrons. The molecule has 2 N–H and O–H groups in total. The zero-order valence-corrected chi connectivity index (χ0v) is 14.4. The topological polar surface area (TPSA) is 75.6 Å². The van der Waals surface area contributed by atoms with Crippen LogP contribution in [0.25, 0.3) is 0 Å². The zero-order chi connectivity index (χ0) is 18.2. The molecule has 0 aliphatic carbocycles. The molecule has 1 amide bonds. The van der Waals surface area contributed by atoms with Gasteiger partial charge in [0, 0.05) is 0 Å². The highest BCUT2D eigenvalue weighted by Crippen LogP contribution is 2.15. The van der Waals surface area contributed by atoms with Crippen LogP contribution in [0.5, 0.6) is 5.75 Å². The van der Waals surface area contributed by atoms with E-state index in [1.54, 1.807) is 30.3 Å². The van der Waals surface area contributed by atoms with Crippen molar-refractivity contribution in [3.8, 4) is 5.75 Å². The highest BCUT2D eigenvalue weighted by Gasteiger charge is 2.21. The van der Waals surface area contributed by atoms with Crippen LogP contribution in [0, 0.1) is 5.92 Å². The Morgan fingerprint density at radius 2 is 1.68 bits per heavy atom. The number of rotatable bonds is 8. The SMILES string of the molecule is CC(C)COc1ccc(CC(=O)N[C@@H](C(=O)O)c2ccccc2)cc1. The van der Waals surface area contributed by atoms with Crippen molar-refractivity contribution in [1.82, 2.24) is 5.32 Å². The molecule has 25 heavy (non-hydrogen) atoms. The van der Waals surface area contributed by atoms with Crippen molar-refractivity contribution < 1.29 is 19.4 Å². The predicted molar refractivity (Wildman–Crippen MR) is 95.4 cm³/mol. The number of carbonyl (C=O) groups is 2. The lowest BCUT2D eigenvalue weighted by Crippen LogP contribution is -2.34. The van der Waals surface area contributed by atoms with E-state index in [1.165, 1.54) is 0 Å². The summed E-state index contributed by atoms with van der Waals surface area (Å²) in [6.45, 7) is 4.78. The molecule has 0 aromatic heterocycles. The van der Waals surface area contributed by atoms with E-state index in [0.29, 0.717) is 18.1 Å². The van der Waals surface area contributed by atoms with E-state index in [-0.39, 0.29) is 12.3 Å². The maximum Gasteiger partial charge on any atom is 0.330 e. The van der Waals surface area contributed by atoms with Crippen LogP contribution in [0.2, 0.25) is 0 Å². The number of carboxylic acid groups (broad SMARTS) is 1. The van der Waals surface area contributed by atoms with E-state index >= 15 is 0 Å². The average molecular weight is 341 g/mol. The smallest absolute Gasteiger partial charge is 0.330 e. The van der Waals surface area contributed by atoms with Gasteiger partial charge in [0.2, 0.25) is 5.91 Å². The molecule has 0 aliphatic heterocycles. The highest BCUT2D eigenvalue weighted by atomic mass is 16.5. The lowest BCUT2D eigenvalue weighted by Gasteiger charge is -2.15. The van der Waals surface area contributed by atoms with Crippen LogP contribution < -0.4 is 10.1 Å². The van der Waals surface area contributed by atoms with Crippen LogP contribution >= 0.6 is 0 Å². The van der Waals surface area contributed by atoms with E-state index in [0.717, 1.165) is 11.3 Å². The Morgan fingerprint density at radius 1 is 1.04 bits per heavy atom. The minimum absolute atomic E-state index is 0.112. The largest absolute Gasteiger partial charge is 0.493 e. The summed E-state index contributed by atoms with van der Waals surface area (Å²) >= 11 is 0. The predicted octanol–water partition coefficient (Wildman–Crippen LogP) is 3.21. The number of carboxylic acids is 1. The van der Waals surface area contributed by atoms with E-state index in [1.807, 2.05) is 24.3 Å². The van der Waals surface area contributed by atoms with Gasteiger partial charge in [-0.3, -0.25) is 4.79 Å². The fourth-order valence-corrected chi connectivity index (χ4v) is 2.30. The van der Waals surface area contributed by atoms with Crippen LogP contribution in [0.3, 0.4) is 0 Å². The lowest BCUT2D eigenvalue weighted by molar-refractivity contribution is -0.141. The van der Waals surface area contributed by atoms with Crippen molar-refractivity contribution in [2.24, 2.45) is 5.92 Å². The summed E-state index contributed by atoms with van der Waals surface area (Å²) < 4.78 is 5.60. The maximum absolute atomic E-state index is 12.2. The Morgan fingerprint density at radius 3 is 2.24 bits per heavy atom.